The van der Waals surface area contributed by atoms with Crippen molar-refractivity contribution in [3.05, 3.63) is 76.1 Å². The Morgan fingerprint density at radius 2 is 1.94 bits per heavy atom. The molecule has 0 unspecified atom stereocenters. The molecule has 1 aliphatic heterocycles. The molecule has 1 aromatic heterocycles. The molecule has 0 bridgehead atoms. The first-order chi connectivity index (χ1) is 17.4. The highest BCUT2D eigenvalue weighted by atomic mass is 16.5. The number of nitrogens with one attached hydrogen (secondary N) is 1. The summed E-state index contributed by atoms with van der Waals surface area (Å²) >= 11 is 0. The van der Waals surface area contributed by atoms with Crippen molar-refractivity contribution in [2.24, 2.45) is 0 Å². The molecule has 1 amide bonds. The van der Waals surface area contributed by atoms with E-state index in [4.69, 9.17) is 11.2 Å². The number of piperidine rings is 1. The zero-order valence-corrected chi connectivity index (χ0v) is 21.6. The zero-order valence-electron chi connectivity index (χ0n) is 21.6. The van der Waals surface area contributed by atoms with E-state index in [1.165, 1.54) is 30.4 Å². The summed E-state index contributed by atoms with van der Waals surface area (Å²) in [4.78, 5) is 23.8. The van der Waals surface area contributed by atoms with Gasteiger partial charge in [0.1, 0.15) is 5.82 Å². The summed E-state index contributed by atoms with van der Waals surface area (Å²) in [5.74, 6) is 4.16. The summed E-state index contributed by atoms with van der Waals surface area (Å²) in [6.07, 6.45) is 12.9. The molecule has 2 aliphatic rings. The highest BCUT2D eigenvalue weighted by molar-refractivity contribution is 5.97. The Kier molecular flexibility index (Phi) is 6.73. The van der Waals surface area contributed by atoms with Crippen LogP contribution in [0.15, 0.2) is 42.6 Å². The lowest BCUT2D eigenvalue weighted by atomic mass is 9.74. The minimum absolute atomic E-state index is 0.0457. The lowest BCUT2D eigenvalue weighted by Crippen LogP contribution is -2.44. The van der Waals surface area contributed by atoms with Crippen molar-refractivity contribution < 1.29 is 9.53 Å². The fourth-order valence-corrected chi connectivity index (χ4v) is 5.58. The highest BCUT2D eigenvalue weighted by Gasteiger charge is 2.34. The minimum Gasteiger partial charge on any atom is -0.378 e. The number of terminal acetylenes is 1. The molecule has 2 heterocycles. The molecule has 2 aromatic carbocycles. The van der Waals surface area contributed by atoms with Crippen LogP contribution in [0.4, 0.5) is 0 Å². The van der Waals surface area contributed by atoms with Crippen LogP contribution < -0.4 is 0 Å². The first kappa shape index (κ1) is 24.3. The number of aryl methyl sites for hydroxylation is 1. The summed E-state index contributed by atoms with van der Waals surface area (Å²) in [6, 6.07) is 12.6. The number of benzene rings is 2. The molecule has 0 radical (unpaired) electrons. The van der Waals surface area contributed by atoms with Gasteiger partial charge in [-0.15, -0.1) is 6.42 Å². The molecule has 3 aromatic rings. The summed E-state index contributed by atoms with van der Waals surface area (Å²) < 4.78 is 5.27. The number of H-pyrrole nitrogens is 1. The summed E-state index contributed by atoms with van der Waals surface area (Å²) in [5.41, 5.74) is 7.35. The second-order valence-electron chi connectivity index (χ2n) is 10.6. The number of carbonyl (C=O) groups is 1. The Labute approximate surface area is 214 Å². The monoisotopic (exact) mass is 481 g/mol. The largest absolute Gasteiger partial charge is 0.378 e. The number of hydrogen-bond acceptors (Lipinski definition) is 3. The van der Waals surface area contributed by atoms with Crippen LogP contribution >= 0.6 is 0 Å². The van der Waals surface area contributed by atoms with Crippen molar-refractivity contribution in [1.29, 1.82) is 0 Å². The van der Waals surface area contributed by atoms with E-state index in [2.05, 4.69) is 54.0 Å². The normalized spacial score (nSPS) is 17.4. The summed E-state index contributed by atoms with van der Waals surface area (Å²) in [6.45, 7) is 6.33. The lowest BCUT2D eigenvalue weighted by molar-refractivity contribution is 0.0675. The van der Waals surface area contributed by atoms with Crippen LogP contribution in [0.2, 0.25) is 0 Å². The van der Waals surface area contributed by atoms with Gasteiger partial charge in [0, 0.05) is 36.9 Å². The molecule has 1 N–H and O–H groups in total. The van der Waals surface area contributed by atoms with Crippen LogP contribution in [0.25, 0.3) is 11.4 Å². The Balaban J connectivity index is 1.39. The molecule has 5 nitrogen and oxygen atoms in total. The Morgan fingerprint density at radius 3 is 2.56 bits per heavy atom. The van der Waals surface area contributed by atoms with Gasteiger partial charge in [0.25, 0.3) is 5.91 Å². The molecule has 1 saturated carbocycles. The van der Waals surface area contributed by atoms with Gasteiger partial charge in [0.2, 0.25) is 0 Å². The highest BCUT2D eigenvalue weighted by Crippen LogP contribution is 2.42. The number of carbonyl (C=O) groups excluding carboxylic acids is 1. The van der Waals surface area contributed by atoms with E-state index < -0.39 is 0 Å². The van der Waals surface area contributed by atoms with E-state index >= 15 is 0 Å². The van der Waals surface area contributed by atoms with Crippen molar-refractivity contribution >= 4 is 5.91 Å². The number of likely N-dealkylation sites (tertiary alicyclic amines) is 1. The molecule has 5 heteroatoms. The third-order valence-electron chi connectivity index (χ3n) is 8.26. The van der Waals surface area contributed by atoms with E-state index in [0.29, 0.717) is 12.5 Å². The number of rotatable bonds is 6. The van der Waals surface area contributed by atoms with Gasteiger partial charge < -0.3 is 14.6 Å². The molecular weight excluding hydrogens is 446 g/mol. The number of amides is 1. The predicted molar refractivity (Wildman–Crippen MR) is 143 cm³/mol. The molecule has 2 fully saturated rings. The van der Waals surface area contributed by atoms with Crippen molar-refractivity contribution in [3.63, 3.8) is 0 Å². The topological polar surface area (TPSA) is 58.2 Å². The number of methoxy groups -OCH3 is 1. The number of aromatic nitrogens is 2. The average molecular weight is 482 g/mol. The van der Waals surface area contributed by atoms with Crippen LogP contribution in [0.5, 0.6) is 0 Å². The van der Waals surface area contributed by atoms with E-state index in [1.54, 1.807) is 7.11 Å². The molecule has 0 spiro atoms. The molecular formula is C31H35N3O2. The molecule has 1 aliphatic carbocycles. The third kappa shape index (κ3) is 4.58. The predicted octanol–water partition coefficient (Wildman–Crippen LogP) is 5.97. The summed E-state index contributed by atoms with van der Waals surface area (Å²) in [7, 11) is 1.68. The van der Waals surface area contributed by atoms with Gasteiger partial charge in [-0.05, 0) is 78.8 Å². The van der Waals surface area contributed by atoms with Gasteiger partial charge in [-0.3, -0.25) is 4.79 Å². The number of hydrogen-bond donors (Lipinski definition) is 1. The van der Waals surface area contributed by atoms with E-state index in [1.807, 2.05) is 23.2 Å². The maximum absolute atomic E-state index is 13.8. The molecule has 36 heavy (non-hydrogen) atoms. The van der Waals surface area contributed by atoms with Gasteiger partial charge in [-0.2, -0.15) is 0 Å². The quantitative estimate of drug-likeness (QED) is 0.441. The standard InChI is InChI=1S/C31H35N3O2/c1-5-22-9-11-24(12-10-22)31(3)13-15-34(16-14-31)30(35)26-18-28(29-32-19-25(33-29)20-36-4)27(17-21(26)2)23-7-6-8-23/h1,9-12,17-19,23H,6-8,13-16,20H2,2-4H3,(H,32,33). The molecule has 186 valence electrons. The number of nitrogens with zero attached hydrogens (tertiary/aromatic N) is 2. The van der Waals surface area contributed by atoms with Gasteiger partial charge in [0.15, 0.2) is 0 Å². The van der Waals surface area contributed by atoms with Crippen LogP contribution in [0.1, 0.15) is 83.3 Å². The molecule has 0 atom stereocenters. The Morgan fingerprint density at radius 1 is 1.22 bits per heavy atom. The minimum atomic E-state index is 0.0457. The number of aromatic amines is 1. The van der Waals surface area contributed by atoms with Crippen molar-refractivity contribution in [3.8, 4) is 23.7 Å². The first-order valence-corrected chi connectivity index (χ1v) is 13.0. The Hall–Kier alpha value is -3.36. The van der Waals surface area contributed by atoms with Crippen molar-refractivity contribution in [2.75, 3.05) is 20.2 Å². The SMILES string of the molecule is C#Cc1ccc(C2(C)CCN(C(=O)c3cc(-c4ncc(COC)[nH]4)c(C4CCC4)cc3C)CC2)cc1. The molecule has 5 rings (SSSR count). The smallest absolute Gasteiger partial charge is 0.254 e. The van der Waals surface area contributed by atoms with Crippen LogP contribution in [-0.4, -0.2) is 41.0 Å². The van der Waals surface area contributed by atoms with Gasteiger partial charge in [-0.25, -0.2) is 4.98 Å². The number of ether oxygens (including phenoxy) is 1. The van der Waals surface area contributed by atoms with Crippen molar-refractivity contribution in [1.82, 2.24) is 14.9 Å². The van der Waals surface area contributed by atoms with Gasteiger partial charge in [-0.1, -0.05) is 37.5 Å². The molecule has 1 saturated heterocycles. The van der Waals surface area contributed by atoms with Crippen LogP contribution in [0, 0.1) is 19.3 Å². The van der Waals surface area contributed by atoms with Gasteiger partial charge >= 0.3 is 0 Å². The summed E-state index contributed by atoms with van der Waals surface area (Å²) in [5, 5.41) is 0. The van der Waals surface area contributed by atoms with Crippen LogP contribution in [0.3, 0.4) is 0 Å². The van der Waals surface area contributed by atoms with E-state index in [0.717, 1.165) is 59.7 Å². The maximum Gasteiger partial charge on any atom is 0.254 e. The van der Waals surface area contributed by atoms with Crippen LogP contribution in [-0.2, 0) is 16.8 Å². The second kappa shape index (κ2) is 9.95. The van der Waals surface area contributed by atoms with Crippen molar-refractivity contribution in [2.45, 2.75) is 63.9 Å². The fourth-order valence-electron chi connectivity index (χ4n) is 5.58. The van der Waals surface area contributed by atoms with Gasteiger partial charge in [0.05, 0.1) is 18.5 Å². The van der Waals surface area contributed by atoms with E-state index in [-0.39, 0.29) is 11.3 Å². The van der Waals surface area contributed by atoms with E-state index in [9.17, 15) is 4.79 Å². The lowest BCUT2D eigenvalue weighted by Gasteiger charge is -2.40. The fraction of sp³-hybridized carbons (Fsp3) is 0.419. The number of imidazole rings is 1. The first-order valence-electron chi connectivity index (χ1n) is 13.0. The third-order valence-corrected chi connectivity index (χ3v) is 8.26. The average Bonchev–Trinajstić information content (AvgIpc) is 3.32. The Bertz CT molecular complexity index is 1290. The maximum atomic E-state index is 13.8. The zero-order chi connectivity index (χ0) is 25.3. The second-order valence-corrected chi connectivity index (χ2v) is 10.6.